The van der Waals surface area contributed by atoms with Crippen molar-refractivity contribution in [1.29, 1.82) is 0 Å². The summed E-state index contributed by atoms with van der Waals surface area (Å²) in [6, 6.07) is 13.3. The number of aliphatic carboxylic acids is 2. The van der Waals surface area contributed by atoms with Gasteiger partial charge in [-0.3, -0.25) is 18.7 Å². The molecule has 0 aromatic heterocycles. The molecule has 0 unspecified atom stereocenters. The molecule has 0 radical (unpaired) electrons. The van der Waals surface area contributed by atoms with E-state index in [0.29, 0.717) is 5.56 Å². The highest BCUT2D eigenvalue weighted by Gasteiger charge is 2.30. The van der Waals surface area contributed by atoms with E-state index in [1.54, 1.807) is 49.4 Å². The Morgan fingerprint density at radius 2 is 1.65 bits per heavy atom. The lowest BCUT2D eigenvalue weighted by Gasteiger charge is -2.29. The Morgan fingerprint density at radius 1 is 1.03 bits per heavy atom. The summed E-state index contributed by atoms with van der Waals surface area (Å²) < 4.78 is 29.5. The minimum atomic E-state index is -4.11. The second-order valence-electron chi connectivity index (χ2n) is 7.07. The molecule has 0 saturated heterocycles. The molecule has 2 aromatic carbocycles. The number of benzene rings is 2. The largest absolute Gasteiger partial charge is 0.481 e. The van der Waals surface area contributed by atoms with Gasteiger partial charge in [-0.15, -0.1) is 0 Å². The van der Waals surface area contributed by atoms with Crippen molar-refractivity contribution in [3.05, 3.63) is 65.7 Å². The van der Waals surface area contributed by atoms with Crippen LogP contribution in [-0.4, -0.2) is 65.9 Å². The zero-order valence-corrected chi connectivity index (χ0v) is 17.7. The molecule has 0 aliphatic carbocycles. The van der Waals surface area contributed by atoms with Gasteiger partial charge in [-0.25, -0.2) is 0 Å². The monoisotopic (exact) mass is 451 g/mol. The highest BCUT2D eigenvalue weighted by atomic mass is 32.2. The smallest absolute Gasteiger partial charge is 0.321 e. The number of nitrogens with zero attached hydrogens (tertiary/aromatic N) is 1. The van der Waals surface area contributed by atoms with Crippen molar-refractivity contribution in [2.75, 3.05) is 13.2 Å². The van der Waals surface area contributed by atoms with Gasteiger partial charge < -0.3 is 15.3 Å². The summed E-state index contributed by atoms with van der Waals surface area (Å²) in [5, 5.41) is 28.9. The molecule has 0 amide bonds. The minimum Gasteiger partial charge on any atom is -0.481 e. The van der Waals surface area contributed by atoms with Crippen LogP contribution in [0.1, 0.15) is 17.5 Å². The third-order valence-corrected chi connectivity index (χ3v) is 5.79. The summed E-state index contributed by atoms with van der Waals surface area (Å²) >= 11 is 0. The molecule has 2 rings (SSSR count). The fourth-order valence-electron chi connectivity index (χ4n) is 2.92. The number of aliphatic hydroxyl groups excluding tert-OH is 1. The summed E-state index contributed by atoms with van der Waals surface area (Å²) in [5.74, 6) is -2.67. The molecule has 0 saturated carbocycles. The van der Waals surface area contributed by atoms with E-state index in [4.69, 9.17) is 9.29 Å². The molecule has 9 nitrogen and oxygen atoms in total. The first kappa shape index (κ1) is 24.5. The average Bonchev–Trinajstić information content (AvgIpc) is 2.71. The number of hydrogen-bond donors (Lipinski definition) is 3. The fraction of sp³-hybridized carbons (Fsp3) is 0.333. The van der Waals surface area contributed by atoms with Crippen molar-refractivity contribution in [2.24, 2.45) is 0 Å². The minimum absolute atomic E-state index is 0.0485. The quantitative estimate of drug-likeness (QED) is 0.409. The average molecular weight is 451 g/mol. The number of carbonyl (C=O) groups is 2. The molecule has 0 fully saturated rings. The van der Waals surface area contributed by atoms with Gasteiger partial charge in [0.2, 0.25) is 0 Å². The predicted octanol–water partition coefficient (Wildman–Crippen LogP) is 1.49. The molecule has 0 spiro atoms. The maximum atomic E-state index is 12.3. The van der Waals surface area contributed by atoms with E-state index in [2.05, 4.69) is 0 Å². The highest BCUT2D eigenvalue weighted by Crippen LogP contribution is 2.16. The molecular formula is C21H25NO8S. The Kier molecular flexibility index (Phi) is 8.69. The molecule has 0 heterocycles. The molecule has 168 valence electrons. The Morgan fingerprint density at radius 3 is 2.19 bits per heavy atom. The van der Waals surface area contributed by atoms with Gasteiger partial charge in [-0.1, -0.05) is 48.0 Å². The number of rotatable bonds is 12. The van der Waals surface area contributed by atoms with Gasteiger partial charge in [0, 0.05) is 13.1 Å². The van der Waals surface area contributed by atoms with Crippen LogP contribution < -0.4 is 0 Å². The van der Waals surface area contributed by atoms with Gasteiger partial charge in [0.25, 0.3) is 10.1 Å². The van der Waals surface area contributed by atoms with Gasteiger partial charge in [-0.05, 0) is 24.6 Å². The van der Waals surface area contributed by atoms with Crippen LogP contribution in [0.15, 0.2) is 59.5 Å². The van der Waals surface area contributed by atoms with Crippen LogP contribution in [-0.2, 0) is 30.4 Å². The molecule has 31 heavy (non-hydrogen) atoms. The zero-order valence-electron chi connectivity index (χ0n) is 16.9. The number of aryl methyl sites for hydroxylation is 1. The standard InChI is InChI=1S/C21H25NO8S/c1-15-7-9-18(10-8-15)31(28,29)30-14-17(23)13-22(12-16-5-3-2-4-6-16)19(21(26)27)11-20(24)25/h2-10,17,19,23H,11-14H2,1H3,(H,24,25)(H,26,27)/t17-,19-/m0/s1. The lowest BCUT2D eigenvalue weighted by Crippen LogP contribution is -2.46. The first-order chi connectivity index (χ1) is 14.6. The van der Waals surface area contributed by atoms with E-state index in [1.165, 1.54) is 17.0 Å². The number of hydrogen-bond acceptors (Lipinski definition) is 7. The molecule has 2 aromatic rings. The van der Waals surface area contributed by atoms with Crippen LogP contribution in [0, 0.1) is 6.92 Å². The zero-order chi connectivity index (χ0) is 23.0. The molecule has 0 aliphatic rings. The normalized spacial score (nSPS) is 13.6. The van der Waals surface area contributed by atoms with Gasteiger partial charge in [0.15, 0.2) is 0 Å². The third kappa shape index (κ3) is 7.76. The second kappa shape index (κ2) is 11.0. The van der Waals surface area contributed by atoms with Crippen LogP contribution in [0.4, 0.5) is 0 Å². The summed E-state index contributed by atoms with van der Waals surface area (Å²) in [4.78, 5) is 24.0. The Hall–Kier alpha value is -2.79. The molecule has 0 aliphatic heterocycles. The SMILES string of the molecule is Cc1ccc(S(=O)(=O)OC[C@@H](O)CN(Cc2ccccc2)[C@@H](CC(=O)O)C(=O)O)cc1. The first-order valence-electron chi connectivity index (χ1n) is 9.45. The van der Waals surface area contributed by atoms with Gasteiger partial charge in [-0.2, -0.15) is 8.42 Å². The fourth-order valence-corrected chi connectivity index (χ4v) is 3.86. The molecule has 0 bridgehead atoms. The Balaban J connectivity index is 2.11. The highest BCUT2D eigenvalue weighted by molar-refractivity contribution is 7.86. The molecule has 3 N–H and O–H groups in total. The van der Waals surface area contributed by atoms with Crippen molar-refractivity contribution in [3.63, 3.8) is 0 Å². The molecular weight excluding hydrogens is 426 g/mol. The van der Waals surface area contributed by atoms with Gasteiger partial charge in [0.05, 0.1) is 24.0 Å². The Labute approximate surface area is 180 Å². The van der Waals surface area contributed by atoms with Crippen molar-refractivity contribution in [2.45, 2.75) is 36.9 Å². The number of carboxylic acid groups (broad SMARTS) is 2. The summed E-state index contributed by atoms with van der Waals surface area (Å²) in [6.45, 7) is 0.939. The number of carboxylic acids is 2. The van der Waals surface area contributed by atoms with Crippen LogP contribution in [0.5, 0.6) is 0 Å². The third-order valence-electron chi connectivity index (χ3n) is 4.49. The van der Waals surface area contributed by atoms with E-state index in [0.717, 1.165) is 5.56 Å². The van der Waals surface area contributed by atoms with E-state index in [-0.39, 0.29) is 18.0 Å². The summed E-state index contributed by atoms with van der Waals surface area (Å²) in [6.07, 6.45) is -2.06. The molecule has 10 heteroatoms. The molecule has 2 atom stereocenters. The topological polar surface area (TPSA) is 141 Å². The van der Waals surface area contributed by atoms with Crippen molar-refractivity contribution >= 4 is 22.1 Å². The van der Waals surface area contributed by atoms with Crippen molar-refractivity contribution < 1.29 is 37.5 Å². The maximum Gasteiger partial charge on any atom is 0.321 e. The number of aliphatic hydroxyl groups is 1. The predicted molar refractivity (Wildman–Crippen MR) is 111 cm³/mol. The van der Waals surface area contributed by atoms with E-state index < -0.39 is 47.2 Å². The van der Waals surface area contributed by atoms with Gasteiger partial charge >= 0.3 is 11.9 Å². The van der Waals surface area contributed by atoms with E-state index in [9.17, 15) is 28.2 Å². The van der Waals surface area contributed by atoms with Crippen molar-refractivity contribution in [1.82, 2.24) is 4.90 Å². The first-order valence-corrected chi connectivity index (χ1v) is 10.9. The van der Waals surface area contributed by atoms with Gasteiger partial charge in [0.1, 0.15) is 6.04 Å². The van der Waals surface area contributed by atoms with Crippen LogP contribution >= 0.6 is 0 Å². The lowest BCUT2D eigenvalue weighted by molar-refractivity contribution is -0.150. The summed E-state index contributed by atoms with van der Waals surface area (Å²) in [7, 11) is -4.11. The van der Waals surface area contributed by atoms with Crippen LogP contribution in [0.3, 0.4) is 0 Å². The Bertz CT molecular complexity index is 976. The summed E-state index contributed by atoms with van der Waals surface area (Å²) in [5.41, 5.74) is 1.58. The second-order valence-corrected chi connectivity index (χ2v) is 8.69. The maximum absolute atomic E-state index is 12.3. The lowest BCUT2D eigenvalue weighted by atomic mass is 10.1. The van der Waals surface area contributed by atoms with E-state index in [1.807, 2.05) is 0 Å². The van der Waals surface area contributed by atoms with E-state index >= 15 is 0 Å². The van der Waals surface area contributed by atoms with Crippen LogP contribution in [0.25, 0.3) is 0 Å². The van der Waals surface area contributed by atoms with Crippen LogP contribution in [0.2, 0.25) is 0 Å². The van der Waals surface area contributed by atoms with Crippen molar-refractivity contribution in [3.8, 4) is 0 Å².